The van der Waals surface area contributed by atoms with E-state index in [9.17, 15) is 9.59 Å². The van der Waals surface area contributed by atoms with Gasteiger partial charge in [0.2, 0.25) is 5.76 Å². The van der Waals surface area contributed by atoms with Crippen molar-refractivity contribution in [3.8, 4) is 0 Å². The molecule has 3 heterocycles. The van der Waals surface area contributed by atoms with E-state index in [2.05, 4.69) is 14.1 Å². The normalized spacial score (nSPS) is 16.7. The maximum Gasteiger partial charge on any atom is 0.290 e. The van der Waals surface area contributed by atoms with E-state index in [1.165, 1.54) is 4.90 Å². The summed E-state index contributed by atoms with van der Waals surface area (Å²) in [4.78, 5) is 30.4. The van der Waals surface area contributed by atoms with Crippen molar-refractivity contribution in [3.05, 3.63) is 68.2 Å². The zero-order chi connectivity index (χ0) is 18.3. The Balaban J connectivity index is 1.84. The number of carbonyl (C=O) groups is 1. The molecule has 6 heteroatoms. The largest absolute Gasteiger partial charge is 0.450 e. The molecule has 1 N–H and O–H groups in total. The number of nitrogens with one attached hydrogen (secondary N) is 1. The maximum absolute atomic E-state index is 13.2. The summed E-state index contributed by atoms with van der Waals surface area (Å²) in [5.74, 6) is 0.0132. The third-order valence-corrected chi connectivity index (χ3v) is 5.69. The van der Waals surface area contributed by atoms with Gasteiger partial charge in [0.1, 0.15) is 5.58 Å². The Kier molecular flexibility index (Phi) is 4.38. The summed E-state index contributed by atoms with van der Waals surface area (Å²) in [6, 6.07) is 10.7. The molecule has 0 radical (unpaired) electrons. The first-order chi connectivity index (χ1) is 12.6. The Morgan fingerprint density at radius 3 is 2.69 bits per heavy atom. The van der Waals surface area contributed by atoms with Gasteiger partial charge in [0.25, 0.3) is 5.91 Å². The molecular weight excluding hydrogens is 348 g/mol. The third-order valence-electron chi connectivity index (χ3n) is 4.76. The van der Waals surface area contributed by atoms with Crippen LogP contribution >= 0.6 is 11.3 Å². The third kappa shape index (κ3) is 2.75. The molecule has 0 saturated heterocycles. The van der Waals surface area contributed by atoms with Crippen LogP contribution in [0.3, 0.4) is 0 Å². The number of hydrogen-bond acceptors (Lipinski definition) is 4. The number of amides is 1. The van der Waals surface area contributed by atoms with E-state index in [1.54, 1.807) is 28.4 Å². The van der Waals surface area contributed by atoms with Gasteiger partial charge in [-0.15, -0.1) is 11.3 Å². The van der Waals surface area contributed by atoms with E-state index in [0.717, 1.165) is 17.8 Å². The van der Waals surface area contributed by atoms with Crippen molar-refractivity contribution in [2.45, 2.75) is 12.5 Å². The van der Waals surface area contributed by atoms with Gasteiger partial charge in [-0.25, -0.2) is 0 Å². The maximum atomic E-state index is 13.2. The van der Waals surface area contributed by atoms with Crippen LogP contribution in [0.2, 0.25) is 0 Å². The Morgan fingerprint density at radius 1 is 1.15 bits per heavy atom. The smallest absolute Gasteiger partial charge is 0.290 e. The first kappa shape index (κ1) is 17.0. The van der Waals surface area contributed by atoms with Gasteiger partial charge in [-0.05, 0) is 23.6 Å². The molecule has 26 heavy (non-hydrogen) atoms. The summed E-state index contributed by atoms with van der Waals surface area (Å²) in [7, 11) is 4.18. The number of rotatable bonds is 5. The molecular formula is C20H21N2O3S+. The summed E-state index contributed by atoms with van der Waals surface area (Å²) >= 11 is 1.56. The minimum absolute atomic E-state index is 0.102. The van der Waals surface area contributed by atoms with Gasteiger partial charge in [0, 0.05) is 17.8 Å². The number of hydrogen-bond donors (Lipinski definition) is 1. The second-order valence-electron chi connectivity index (χ2n) is 6.90. The molecule has 0 bridgehead atoms. The van der Waals surface area contributed by atoms with Gasteiger partial charge >= 0.3 is 0 Å². The molecule has 134 valence electrons. The van der Waals surface area contributed by atoms with E-state index >= 15 is 0 Å². The second-order valence-corrected chi connectivity index (χ2v) is 7.88. The number of quaternary nitrogens is 1. The van der Waals surface area contributed by atoms with Crippen LogP contribution in [0.15, 0.2) is 51.0 Å². The second kappa shape index (κ2) is 6.70. The lowest BCUT2D eigenvalue weighted by atomic mass is 10.0. The highest BCUT2D eigenvalue weighted by molar-refractivity contribution is 7.10. The average molecular weight is 369 g/mol. The van der Waals surface area contributed by atoms with E-state index in [-0.39, 0.29) is 23.1 Å². The van der Waals surface area contributed by atoms with Gasteiger partial charge in [0.15, 0.2) is 5.43 Å². The zero-order valence-corrected chi connectivity index (χ0v) is 15.6. The molecule has 5 nitrogen and oxygen atoms in total. The number of benzene rings is 1. The summed E-state index contributed by atoms with van der Waals surface area (Å²) in [5.41, 5.74) is 0.844. The number of fused-ring (bicyclic) bond motifs is 2. The predicted molar refractivity (Wildman–Crippen MR) is 102 cm³/mol. The molecule has 0 aliphatic carbocycles. The topological polar surface area (TPSA) is 55.0 Å². The Labute approximate surface area is 155 Å². The van der Waals surface area contributed by atoms with Crippen LogP contribution in [-0.4, -0.2) is 38.0 Å². The molecule has 2 aromatic heterocycles. The van der Waals surface area contributed by atoms with Crippen LogP contribution in [0.25, 0.3) is 11.0 Å². The predicted octanol–water partition coefficient (Wildman–Crippen LogP) is 1.93. The highest BCUT2D eigenvalue weighted by Gasteiger charge is 2.42. The van der Waals surface area contributed by atoms with Crippen LogP contribution < -0.4 is 10.3 Å². The van der Waals surface area contributed by atoms with Crippen LogP contribution in [0.1, 0.15) is 33.5 Å². The zero-order valence-electron chi connectivity index (χ0n) is 14.8. The fourth-order valence-corrected chi connectivity index (χ4v) is 4.39. The lowest BCUT2D eigenvalue weighted by Gasteiger charge is -2.24. The minimum Gasteiger partial charge on any atom is -0.450 e. The number of para-hydroxylation sites is 1. The van der Waals surface area contributed by atoms with Crippen molar-refractivity contribution in [3.63, 3.8) is 0 Å². The summed E-state index contributed by atoms with van der Waals surface area (Å²) in [6.07, 6.45) is 0.873. The van der Waals surface area contributed by atoms with E-state index < -0.39 is 0 Å². The van der Waals surface area contributed by atoms with Crippen LogP contribution in [0.4, 0.5) is 0 Å². The van der Waals surface area contributed by atoms with Crippen molar-refractivity contribution < 1.29 is 14.1 Å². The monoisotopic (exact) mass is 369 g/mol. The molecule has 1 aliphatic heterocycles. The van der Waals surface area contributed by atoms with Gasteiger partial charge < -0.3 is 14.2 Å². The molecule has 0 spiro atoms. The number of nitrogens with zero attached hydrogens (tertiary/aromatic N) is 1. The van der Waals surface area contributed by atoms with Crippen molar-refractivity contribution >= 4 is 28.2 Å². The fraction of sp³-hybridized carbons (Fsp3) is 0.300. The molecule has 1 amide bonds. The Morgan fingerprint density at radius 2 is 1.96 bits per heavy atom. The summed E-state index contributed by atoms with van der Waals surface area (Å²) < 4.78 is 5.89. The molecule has 4 rings (SSSR count). The van der Waals surface area contributed by atoms with E-state index in [0.29, 0.717) is 23.1 Å². The molecule has 0 saturated carbocycles. The first-order valence-electron chi connectivity index (χ1n) is 8.77. The number of carbonyl (C=O) groups excluding carboxylic acids is 1. The molecule has 1 aliphatic rings. The highest BCUT2D eigenvalue weighted by Crippen LogP contribution is 2.39. The first-order valence-corrected chi connectivity index (χ1v) is 9.65. The summed E-state index contributed by atoms with van der Waals surface area (Å²) in [5, 5.41) is 2.50. The van der Waals surface area contributed by atoms with Crippen LogP contribution in [-0.2, 0) is 0 Å². The lowest BCUT2D eigenvalue weighted by molar-refractivity contribution is -0.858. The van der Waals surface area contributed by atoms with Gasteiger partial charge in [-0.2, -0.15) is 0 Å². The fourth-order valence-electron chi connectivity index (χ4n) is 3.54. The highest BCUT2D eigenvalue weighted by atomic mass is 32.1. The van der Waals surface area contributed by atoms with Gasteiger partial charge in [-0.3, -0.25) is 9.59 Å². The molecule has 0 unspecified atom stereocenters. The average Bonchev–Trinajstić information content (AvgIpc) is 3.23. The van der Waals surface area contributed by atoms with Crippen LogP contribution in [0, 0.1) is 0 Å². The lowest BCUT2D eigenvalue weighted by Crippen LogP contribution is -3.05. The van der Waals surface area contributed by atoms with Crippen molar-refractivity contribution in [1.29, 1.82) is 0 Å². The minimum atomic E-state index is -0.351. The number of thiophene rings is 1. The standard InChI is InChI=1S/C20H20N2O3S/c1-21(2)10-6-11-22-17(15-9-5-12-26-15)16-18(23)13-7-3-4-8-14(13)25-19(16)20(22)24/h3-5,7-9,12,17H,6,10-11H2,1-2H3/p+1/t17-/m0/s1. The SMILES string of the molecule is C[NH+](C)CCCN1C(=O)c2oc3ccccc3c(=O)c2[C@@H]1c1cccs1. The summed E-state index contributed by atoms with van der Waals surface area (Å²) in [6.45, 7) is 1.56. The van der Waals surface area contributed by atoms with Crippen LogP contribution in [0.5, 0.6) is 0 Å². The molecule has 1 aromatic carbocycles. The van der Waals surface area contributed by atoms with Gasteiger partial charge in [-0.1, -0.05) is 18.2 Å². The quantitative estimate of drug-likeness (QED) is 0.748. The van der Waals surface area contributed by atoms with E-state index in [1.807, 2.05) is 29.6 Å². The molecule has 0 fully saturated rings. The van der Waals surface area contributed by atoms with E-state index in [4.69, 9.17) is 4.42 Å². The van der Waals surface area contributed by atoms with Crippen molar-refractivity contribution in [1.82, 2.24) is 4.90 Å². The molecule has 1 atom stereocenters. The van der Waals surface area contributed by atoms with Gasteiger partial charge in [0.05, 0.1) is 37.6 Å². The van der Waals surface area contributed by atoms with Crippen molar-refractivity contribution in [2.24, 2.45) is 0 Å². The molecule has 3 aromatic rings. The Bertz CT molecular complexity index is 1010. The Hall–Kier alpha value is -2.44. The van der Waals surface area contributed by atoms with Crippen molar-refractivity contribution in [2.75, 3.05) is 27.2 Å².